The second kappa shape index (κ2) is 11.3. The summed E-state index contributed by atoms with van der Waals surface area (Å²) >= 11 is 6.08. The first-order valence-corrected chi connectivity index (χ1v) is 12.2. The van der Waals surface area contributed by atoms with Gasteiger partial charge in [-0.2, -0.15) is 13.2 Å². The maximum atomic E-state index is 14.7. The molecular formula is C25H25ClF4N6O. The van der Waals surface area contributed by atoms with Crippen LogP contribution in [-0.2, 0) is 4.79 Å². The number of hydrogen-bond donors (Lipinski definition) is 2. The van der Waals surface area contributed by atoms with Gasteiger partial charge < -0.3 is 15.2 Å². The van der Waals surface area contributed by atoms with Crippen LogP contribution in [0.3, 0.4) is 0 Å². The molecule has 0 radical (unpaired) electrons. The molecule has 0 saturated carbocycles. The highest BCUT2D eigenvalue weighted by Crippen LogP contribution is 2.29. The molecule has 2 atom stereocenters. The Bertz CT molecular complexity index is 1320. The Hall–Kier alpha value is -3.47. The van der Waals surface area contributed by atoms with E-state index >= 15 is 0 Å². The van der Waals surface area contributed by atoms with Crippen LogP contribution >= 0.6 is 11.6 Å². The lowest BCUT2D eigenvalue weighted by Gasteiger charge is -2.30. The zero-order valence-electron chi connectivity index (χ0n) is 19.9. The quantitative estimate of drug-likeness (QED) is 0.309. The molecule has 2 N–H and O–H groups in total. The summed E-state index contributed by atoms with van der Waals surface area (Å²) in [5, 5.41) is 4.26. The lowest BCUT2D eigenvalue weighted by molar-refractivity contribution is -0.160. The monoisotopic (exact) mass is 536 g/mol. The van der Waals surface area contributed by atoms with Crippen LogP contribution in [-0.4, -0.2) is 49.0 Å². The smallest absolute Gasteiger partial charge is 0.365 e. The Morgan fingerprint density at radius 2 is 2.05 bits per heavy atom. The number of fused-ring (bicyclic) bond motifs is 1. The summed E-state index contributed by atoms with van der Waals surface area (Å²) in [6, 6.07) is 0.948. The number of halogens is 5. The zero-order chi connectivity index (χ0) is 26.6. The minimum Gasteiger partial charge on any atom is -0.365 e. The molecule has 1 unspecified atom stereocenters. The fourth-order valence-corrected chi connectivity index (χ4v) is 4.43. The molecule has 37 heavy (non-hydrogen) atoms. The van der Waals surface area contributed by atoms with Gasteiger partial charge in [-0.05, 0) is 31.4 Å². The number of rotatable bonds is 9. The van der Waals surface area contributed by atoms with Gasteiger partial charge >= 0.3 is 6.18 Å². The van der Waals surface area contributed by atoms with Gasteiger partial charge in [-0.3, -0.25) is 4.79 Å². The highest BCUT2D eigenvalue weighted by molar-refractivity contribution is 6.31. The number of pyridine rings is 1. The summed E-state index contributed by atoms with van der Waals surface area (Å²) in [5.74, 6) is -1.36. The van der Waals surface area contributed by atoms with Crippen LogP contribution in [0.5, 0.6) is 0 Å². The van der Waals surface area contributed by atoms with Crippen LogP contribution in [0.2, 0.25) is 5.02 Å². The summed E-state index contributed by atoms with van der Waals surface area (Å²) in [5.41, 5.74) is 1.20. The second-order valence-corrected chi connectivity index (χ2v) is 9.17. The van der Waals surface area contributed by atoms with Gasteiger partial charge in [0.25, 0.3) is 0 Å². The van der Waals surface area contributed by atoms with Gasteiger partial charge in [0.2, 0.25) is 5.91 Å². The Morgan fingerprint density at radius 1 is 1.24 bits per heavy atom. The van der Waals surface area contributed by atoms with E-state index in [1.54, 1.807) is 24.4 Å². The molecule has 1 amide bonds. The van der Waals surface area contributed by atoms with E-state index in [0.717, 1.165) is 17.5 Å². The van der Waals surface area contributed by atoms with E-state index in [0.29, 0.717) is 40.9 Å². The summed E-state index contributed by atoms with van der Waals surface area (Å²) in [6.45, 7) is 1.97. The third kappa shape index (κ3) is 6.65. The van der Waals surface area contributed by atoms with Crippen LogP contribution in [0, 0.1) is 5.82 Å². The lowest BCUT2D eigenvalue weighted by Crippen LogP contribution is -2.39. The van der Waals surface area contributed by atoms with Crippen LogP contribution < -0.4 is 5.32 Å². The number of nitrogens with zero attached hydrogens (tertiary/aromatic N) is 4. The summed E-state index contributed by atoms with van der Waals surface area (Å²) < 4.78 is 53.0. The van der Waals surface area contributed by atoms with Crippen molar-refractivity contribution in [2.45, 2.75) is 57.3 Å². The number of anilines is 1. The van der Waals surface area contributed by atoms with Crippen LogP contribution in [0.15, 0.2) is 49.1 Å². The summed E-state index contributed by atoms with van der Waals surface area (Å²) in [6.07, 6.45) is 6.71. The van der Waals surface area contributed by atoms with E-state index in [1.807, 2.05) is 6.92 Å². The highest BCUT2D eigenvalue weighted by atomic mass is 35.5. The van der Waals surface area contributed by atoms with Crippen LogP contribution in [0.1, 0.15) is 39.0 Å². The van der Waals surface area contributed by atoms with E-state index in [-0.39, 0.29) is 17.7 Å². The average Bonchev–Trinajstić information content (AvgIpc) is 3.26. The van der Waals surface area contributed by atoms with Crippen molar-refractivity contribution in [3.63, 3.8) is 0 Å². The fourth-order valence-electron chi connectivity index (χ4n) is 4.27. The van der Waals surface area contributed by atoms with E-state index in [1.165, 1.54) is 18.5 Å². The maximum Gasteiger partial charge on any atom is 0.397 e. The highest BCUT2D eigenvalue weighted by Gasteiger charge is 2.35. The Labute approximate surface area is 215 Å². The fraction of sp³-hybridized carbons (Fsp3) is 0.360. The van der Waals surface area contributed by atoms with Crippen molar-refractivity contribution in [1.29, 1.82) is 0 Å². The standard InChI is InChI=1S/C25H25ClF4N6O/c1-2-5-16(7-8-17-6-3-4-9-36(17)21(37)11-25(28,29)30)34-24-20(27)14-33-23(35-24)19-13-32-22-18(19)10-15(26)12-31-22/h3-4,6,9-10,12-14,16-17H,2,5,7-8,11H2,1H3,(H,31,32)(H,33,34,35)/t16?,17-/m1/s1. The third-order valence-corrected chi connectivity index (χ3v) is 6.17. The molecule has 7 nitrogen and oxygen atoms in total. The Kier molecular flexibility index (Phi) is 8.11. The Balaban J connectivity index is 1.49. The molecule has 12 heteroatoms. The molecule has 3 aromatic rings. The first kappa shape index (κ1) is 26.6. The molecule has 0 spiro atoms. The van der Waals surface area contributed by atoms with Crippen LogP contribution in [0.4, 0.5) is 23.4 Å². The predicted octanol–water partition coefficient (Wildman–Crippen LogP) is 6.41. The molecule has 0 fully saturated rings. The SMILES string of the molecule is CCCC(CC[C@H]1C=CC=CN1C(=O)CC(F)(F)F)Nc1nc(-c2c[nH]c3ncc(Cl)cc23)ncc1F. The van der Waals surface area contributed by atoms with E-state index < -0.39 is 30.4 Å². The number of H-pyrrole nitrogens is 1. The summed E-state index contributed by atoms with van der Waals surface area (Å²) in [4.78, 5) is 29.1. The molecular weight excluding hydrogens is 512 g/mol. The third-order valence-electron chi connectivity index (χ3n) is 5.96. The van der Waals surface area contributed by atoms with Gasteiger partial charge in [-0.25, -0.2) is 19.3 Å². The van der Waals surface area contributed by atoms with Crippen molar-refractivity contribution in [2.24, 2.45) is 0 Å². The maximum absolute atomic E-state index is 14.7. The topological polar surface area (TPSA) is 86.8 Å². The molecule has 3 aromatic heterocycles. The molecule has 1 aliphatic heterocycles. The van der Waals surface area contributed by atoms with Crippen molar-refractivity contribution in [2.75, 3.05) is 5.32 Å². The van der Waals surface area contributed by atoms with Crippen molar-refractivity contribution in [1.82, 2.24) is 24.8 Å². The van der Waals surface area contributed by atoms with Crippen LogP contribution in [0.25, 0.3) is 22.4 Å². The normalized spacial score (nSPS) is 16.4. The number of allylic oxidation sites excluding steroid dienone is 2. The van der Waals surface area contributed by atoms with Crippen molar-refractivity contribution in [3.05, 3.63) is 59.9 Å². The minimum atomic E-state index is -4.59. The van der Waals surface area contributed by atoms with Gasteiger partial charge in [0.1, 0.15) is 12.1 Å². The predicted molar refractivity (Wildman–Crippen MR) is 133 cm³/mol. The van der Waals surface area contributed by atoms with E-state index in [9.17, 15) is 22.4 Å². The molecule has 4 rings (SSSR count). The lowest BCUT2D eigenvalue weighted by atomic mass is 10.00. The number of aromatic amines is 1. The summed E-state index contributed by atoms with van der Waals surface area (Å²) in [7, 11) is 0. The van der Waals surface area contributed by atoms with Gasteiger partial charge in [0.05, 0.1) is 17.3 Å². The van der Waals surface area contributed by atoms with Gasteiger partial charge in [0.15, 0.2) is 17.5 Å². The van der Waals surface area contributed by atoms with Gasteiger partial charge in [0, 0.05) is 35.6 Å². The van der Waals surface area contributed by atoms with Gasteiger partial charge in [-0.1, -0.05) is 37.1 Å². The largest absolute Gasteiger partial charge is 0.397 e. The first-order valence-electron chi connectivity index (χ1n) is 11.8. The van der Waals surface area contributed by atoms with E-state index in [4.69, 9.17) is 11.6 Å². The number of carbonyl (C=O) groups excluding carboxylic acids is 1. The average molecular weight is 537 g/mol. The molecule has 0 saturated heterocycles. The number of nitrogens with one attached hydrogen (secondary N) is 2. The van der Waals surface area contributed by atoms with Crippen molar-refractivity contribution in [3.8, 4) is 11.4 Å². The van der Waals surface area contributed by atoms with Crippen molar-refractivity contribution >= 4 is 34.4 Å². The number of aromatic nitrogens is 4. The van der Waals surface area contributed by atoms with Crippen molar-refractivity contribution < 1.29 is 22.4 Å². The minimum absolute atomic E-state index is 0.0110. The number of carbonyl (C=O) groups is 1. The number of amides is 1. The molecule has 0 bridgehead atoms. The van der Waals surface area contributed by atoms with E-state index in [2.05, 4.69) is 25.3 Å². The zero-order valence-corrected chi connectivity index (χ0v) is 20.7. The number of alkyl halides is 3. The second-order valence-electron chi connectivity index (χ2n) is 8.74. The Morgan fingerprint density at radius 3 is 2.81 bits per heavy atom. The first-order chi connectivity index (χ1) is 17.6. The molecule has 196 valence electrons. The molecule has 0 aromatic carbocycles. The molecule has 0 aliphatic carbocycles. The molecule has 1 aliphatic rings. The molecule has 4 heterocycles. The van der Waals surface area contributed by atoms with Gasteiger partial charge in [-0.15, -0.1) is 0 Å². The number of hydrogen-bond acceptors (Lipinski definition) is 5.